The van der Waals surface area contributed by atoms with Gasteiger partial charge in [-0.3, -0.25) is 0 Å². The predicted molar refractivity (Wildman–Crippen MR) is 60.8 cm³/mol. The van der Waals surface area contributed by atoms with Crippen LogP contribution in [0.2, 0.25) is 5.02 Å². The normalized spacial score (nSPS) is 12.4. The number of hydrogen-bond donors (Lipinski definition) is 1. The summed E-state index contributed by atoms with van der Waals surface area (Å²) in [7, 11) is 1.53. The van der Waals surface area contributed by atoms with Crippen molar-refractivity contribution in [3.63, 3.8) is 0 Å². The Morgan fingerprint density at radius 2 is 2.19 bits per heavy atom. The summed E-state index contributed by atoms with van der Waals surface area (Å²) in [6.45, 7) is 0. The minimum absolute atomic E-state index is 0.490. The van der Waals surface area contributed by atoms with Crippen LogP contribution in [-0.2, 0) is 0 Å². The van der Waals surface area contributed by atoms with E-state index in [2.05, 4.69) is 0 Å². The Hall–Kier alpha value is -1.45. The molecule has 1 aromatic carbocycles. The fourth-order valence-corrected chi connectivity index (χ4v) is 1.65. The quantitative estimate of drug-likeness (QED) is 0.894. The zero-order chi connectivity index (χ0) is 11.5. The van der Waals surface area contributed by atoms with Crippen molar-refractivity contribution >= 4 is 11.6 Å². The fourth-order valence-electron chi connectivity index (χ4n) is 1.46. The highest BCUT2D eigenvalue weighted by Crippen LogP contribution is 2.30. The second kappa shape index (κ2) is 4.60. The van der Waals surface area contributed by atoms with Gasteiger partial charge in [0.2, 0.25) is 0 Å². The van der Waals surface area contributed by atoms with Gasteiger partial charge in [-0.05, 0) is 29.8 Å². The van der Waals surface area contributed by atoms with Gasteiger partial charge in [-0.25, -0.2) is 0 Å². The Morgan fingerprint density at radius 3 is 2.81 bits per heavy atom. The largest absolute Gasteiger partial charge is 0.495 e. The minimum atomic E-state index is -0.804. The molecule has 0 aliphatic carbocycles. The number of aliphatic hydroxyl groups excluding tert-OH is 1. The summed E-state index contributed by atoms with van der Waals surface area (Å²) in [4.78, 5) is 0. The summed E-state index contributed by atoms with van der Waals surface area (Å²) in [5.41, 5.74) is 0.677. The first-order valence-corrected chi connectivity index (χ1v) is 5.15. The van der Waals surface area contributed by atoms with Gasteiger partial charge in [0, 0.05) is 0 Å². The molecule has 0 spiro atoms. The van der Waals surface area contributed by atoms with Gasteiger partial charge in [-0.2, -0.15) is 0 Å². The van der Waals surface area contributed by atoms with Crippen LogP contribution in [-0.4, -0.2) is 12.2 Å². The SMILES string of the molecule is COc1cc(C(O)c2ccco2)ccc1Cl. The number of ether oxygens (including phenoxy) is 1. The molecule has 0 fully saturated rings. The standard InChI is InChI=1S/C12H11ClO3/c1-15-11-7-8(4-5-9(11)13)12(14)10-3-2-6-16-10/h2-7,12,14H,1H3. The van der Waals surface area contributed by atoms with Crippen molar-refractivity contribution in [2.45, 2.75) is 6.10 Å². The zero-order valence-electron chi connectivity index (χ0n) is 8.68. The maximum atomic E-state index is 10.00. The van der Waals surface area contributed by atoms with Gasteiger partial charge in [-0.15, -0.1) is 0 Å². The summed E-state index contributed by atoms with van der Waals surface area (Å²) in [6.07, 6.45) is 0.715. The van der Waals surface area contributed by atoms with Crippen molar-refractivity contribution in [3.8, 4) is 5.75 Å². The van der Waals surface area contributed by atoms with Crippen molar-refractivity contribution in [3.05, 3.63) is 52.9 Å². The first-order valence-electron chi connectivity index (χ1n) is 4.77. The van der Waals surface area contributed by atoms with Gasteiger partial charge in [0.05, 0.1) is 18.4 Å². The molecule has 0 saturated heterocycles. The molecule has 1 aromatic heterocycles. The third kappa shape index (κ3) is 2.05. The van der Waals surface area contributed by atoms with E-state index in [0.29, 0.717) is 22.1 Å². The zero-order valence-corrected chi connectivity index (χ0v) is 9.44. The van der Waals surface area contributed by atoms with Crippen LogP contribution in [0, 0.1) is 0 Å². The molecule has 84 valence electrons. The van der Waals surface area contributed by atoms with E-state index in [9.17, 15) is 5.11 Å². The van der Waals surface area contributed by atoms with Gasteiger partial charge < -0.3 is 14.3 Å². The molecule has 0 amide bonds. The van der Waals surface area contributed by atoms with Crippen LogP contribution >= 0.6 is 11.6 Å². The average Bonchev–Trinajstić information content (AvgIpc) is 2.82. The van der Waals surface area contributed by atoms with Gasteiger partial charge in [0.15, 0.2) is 0 Å². The molecule has 0 aliphatic rings. The molecule has 16 heavy (non-hydrogen) atoms. The van der Waals surface area contributed by atoms with Crippen LogP contribution in [0.15, 0.2) is 41.0 Å². The Labute approximate surface area is 98.2 Å². The van der Waals surface area contributed by atoms with Crippen molar-refractivity contribution in [2.75, 3.05) is 7.11 Å². The maximum Gasteiger partial charge on any atom is 0.137 e. The van der Waals surface area contributed by atoms with Gasteiger partial charge in [-0.1, -0.05) is 17.7 Å². The molecule has 1 atom stereocenters. The third-order valence-electron chi connectivity index (χ3n) is 2.30. The lowest BCUT2D eigenvalue weighted by atomic mass is 10.1. The highest BCUT2D eigenvalue weighted by molar-refractivity contribution is 6.32. The maximum absolute atomic E-state index is 10.00. The summed E-state index contributed by atoms with van der Waals surface area (Å²) in [6, 6.07) is 8.55. The molecule has 4 heteroatoms. The fraction of sp³-hybridized carbons (Fsp3) is 0.167. The lowest BCUT2D eigenvalue weighted by molar-refractivity contribution is 0.189. The van der Waals surface area contributed by atoms with E-state index >= 15 is 0 Å². The van der Waals surface area contributed by atoms with Crippen molar-refractivity contribution in [1.29, 1.82) is 0 Å². The Kier molecular flexibility index (Phi) is 3.17. The molecule has 1 heterocycles. The van der Waals surface area contributed by atoms with Gasteiger partial charge >= 0.3 is 0 Å². The van der Waals surface area contributed by atoms with E-state index in [0.717, 1.165) is 0 Å². The Bertz CT molecular complexity index is 465. The predicted octanol–water partition coefficient (Wildman–Crippen LogP) is 3.02. The molecule has 0 radical (unpaired) electrons. The van der Waals surface area contributed by atoms with E-state index in [4.69, 9.17) is 20.8 Å². The summed E-state index contributed by atoms with van der Waals surface area (Å²) >= 11 is 5.90. The molecule has 3 nitrogen and oxygen atoms in total. The Morgan fingerprint density at radius 1 is 1.38 bits per heavy atom. The lowest BCUT2D eigenvalue weighted by Crippen LogP contribution is -1.98. The smallest absolute Gasteiger partial charge is 0.137 e. The molecule has 1 unspecified atom stereocenters. The van der Waals surface area contributed by atoms with Crippen LogP contribution in [0.25, 0.3) is 0 Å². The summed E-state index contributed by atoms with van der Waals surface area (Å²) in [5.74, 6) is 1.02. The average molecular weight is 239 g/mol. The number of benzene rings is 1. The van der Waals surface area contributed by atoms with Crippen LogP contribution in [0.1, 0.15) is 17.4 Å². The minimum Gasteiger partial charge on any atom is -0.495 e. The van der Waals surface area contributed by atoms with Crippen LogP contribution in [0.3, 0.4) is 0 Å². The molecule has 0 saturated carbocycles. The van der Waals surface area contributed by atoms with Crippen LogP contribution in [0.5, 0.6) is 5.75 Å². The van der Waals surface area contributed by atoms with E-state index < -0.39 is 6.10 Å². The number of hydrogen-bond acceptors (Lipinski definition) is 3. The van der Waals surface area contributed by atoms with E-state index in [-0.39, 0.29) is 0 Å². The number of rotatable bonds is 3. The molecular formula is C12H11ClO3. The molecule has 2 rings (SSSR count). The third-order valence-corrected chi connectivity index (χ3v) is 2.62. The first kappa shape index (κ1) is 11.0. The van der Waals surface area contributed by atoms with Gasteiger partial charge in [0.1, 0.15) is 17.6 Å². The number of furan rings is 1. The topological polar surface area (TPSA) is 42.6 Å². The second-order valence-electron chi connectivity index (χ2n) is 3.31. The van der Waals surface area contributed by atoms with E-state index in [1.54, 1.807) is 30.3 Å². The molecule has 0 aliphatic heterocycles. The number of aliphatic hydroxyl groups is 1. The van der Waals surface area contributed by atoms with Crippen LogP contribution in [0.4, 0.5) is 0 Å². The molecule has 0 bridgehead atoms. The Balaban J connectivity index is 2.34. The monoisotopic (exact) mass is 238 g/mol. The van der Waals surface area contributed by atoms with E-state index in [1.165, 1.54) is 13.4 Å². The summed E-state index contributed by atoms with van der Waals surface area (Å²) < 4.78 is 10.2. The second-order valence-corrected chi connectivity index (χ2v) is 3.72. The van der Waals surface area contributed by atoms with E-state index in [1.807, 2.05) is 0 Å². The van der Waals surface area contributed by atoms with Crippen molar-refractivity contribution < 1.29 is 14.3 Å². The summed E-state index contributed by atoms with van der Waals surface area (Å²) in [5, 5.41) is 10.5. The molecular weight excluding hydrogens is 228 g/mol. The number of methoxy groups -OCH3 is 1. The molecule has 2 aromatic rings. The van der Waals surface area contributed by atoms with Crippen molar-refractivity contribution in [1.82, 2.24) is 0 Å². The van der Waals surface area contributed by atoms with Gasteiger partial charge in [0.25, 0.3) is 0 Å². The lowest BCUT2D eigenvalue weighted by Gasteiger charge is -2.10. The highest BCUT2D eigenvalue weighted by atomic mass is 35.5. The number of halogens is 1. The first-order chi connectivity index (χ1) is 7.72. The highest BCUT2D eigenvalue weighted by Gasteiger charge is 2.14. The van der Waals surface area contributed by atoms with Crippen LogP contribution < -0.4 is 4.74 Å². The molecule has 1 N–H and O–H groups in total. The van der Waals surface area contributed by atoms with Crippen molar-refractivity contribution in [2.24, 2.45) is 0 Å².